The molecule has 0 unspecified atom stereocenters. The Morgan fingerprint density at radius 3 is 2.00 bits per heavy atom. The number of carboxylic acids is 2. The molecule has 0 bridgehead atoms. The first-order valence-electron chi connectivity index (χ1n) is 14.9. The van der Waals surface area contributed by atoms with Gasteiger partial charge in [0.25, 0.3) is 0 Å². The maximum atomic E-state index is 12.3. The van der Waals surface area contributed by atoms with Crippen LogP contribution < -0.4 is 16.0 Å². The number of unbranched alkanes of at least 4 members (excludes halogenated alkanes) is 1. The van der Waals surface area contributed by atoms with Crippen molar-refractivity contribution in [2.45, 2.75) is 78.2 Å². The standard InChI is InChI=1S/C29H49N3O12/c1-4-42-19-27(37)31-13-14-43-15-16-44-18-23(34)17-22(28(38)39)8-10-26(36)32-24(29(40)41)9-11-25(35)30-12-6-5-7-20(2)21(3)33/h20,22,24H,4-19H2,1-3H3,(H,30,35)(H,31,37)(H,32,36)(H,38,39)(H,40,41)/t20-,22+,24-/m0/s1. The van der Waals surface area contributed by atoms with E-state index in [1.807, 2.05) is 6.92 Å². The fourth-order valence-electron chi connectivity index (χ4n) is 3.76. The molecule has 3 atom stereocenters. The van der Waals surface area contributed by atoms with Gasteiger partial charge in [0.05, 0.1) is 25.7 Å². The minimum atomic E-state index is -1.34. The van der Waals surface area contributed by atoms with E-state index in [1.165, 1.54) is 6.92 Å². The average Bonchev–Trinajstić information content (AvgIpc) is 2.96. The van der Waals surface area contributed by atoms with Gasteiger partial charge < -0.3 is 40.4 Å². The summed E-state index contributed by atoms with van der Waals surface area (Å²) in [6.45, 7) is 6.36. The number of carboxylic acid groups (broad SMARTS) is 2. The van der Waals surface area contributed by atoms with Gasteiger partial charge in [-0.15, -0.1) is 0 Å². The predicted octanol–water partition coefficient (Wildman–Crippen LogP) is 0.474. The highest BCUT2D eigenvalue weighted by Gasteiger charge is 2.25. The van der Waals surface area contributed by atoms with Gasteiger partial charge in [0, 0.05) is 44.9 Å². The Bertz CT molecular complexity index is 927. The summed E-state index contributed by atoms with van der Waals surface area (Å²) in [4.78, 5) is 82.3. The van der Waals surface area contributed by atoms with Crippen LogP contribution in [-0.4, -0.2) is 110 Å². The zero-order valence-corrected chi connectivity index (χ0v) is 26.0. The molecule has 15 heteroatoms. The first kappa shape index (κ1) is 40.6. The molecule has 0 aromatic heterocycles. The highest BCUT2D eigenvalue weighted by Crippen LogP contribution is 2.13. The molecule has 0 radical (unpaired) electrons. The molecule has 252 valence electrons. The Morgan fingerprint density at radius 2 is 1.36 bits per heavy atom. The van der Waals surface area contributed by atoms with Crippen molar-refractivity contribution >= 4 is 41.2 Å². The number of carbonyl (C=O) groups excluding carboxylic acids is 5. The summed E-state index contributed by atoms with van der Waals surface area (Å²) in [5.74, 6) is -5.52. The van der Waals surface area contributed by atoms with E-state index in [2.05, 4.69) is 16.0 Å². The van der Waals surface area contributed by atoms with Crippen LogP contribution in [-0.2, 0) is 47.8 Å². The van der Waals surface area contributed by atoms with Gasteiger partial charge in [-0.2, -0.15) is 0 Å². The van der Waals surface area contributed by atoms with Crippen LogP contribution in [0, 0.1) is 11.8 Å². The van der Waals surface area contributed by atoms with Crippen molar-refractivity contribution in [3.05, 3.63) is 0 Å². The van der Waals surface area contributed by atoms with E-state index in [9.17, 15) is 43.8 Å². The number of nitrogens with one attached hydrogen (secondary N) is 3. The lowest BCUT2D eigenvalue weighted by Crippen LogP contribution is -2.42. The molecular weight excluding hydrogens is 582 g/mol. The number of hydrogen-bond acceptors (Lipinski definition) is 10. The van der Waals surface area contributed by atoms with Gasteiger partial charge >= 0.3 is 11.9 Å². The highest BCUT2D eigenvalue weighted by molar-refractivity contribution is 5.86. The number of ether oxygens (including phenoxy) is 3. The van der Waals surface area contributed by atoms with Crippen molar-refractivity contribution in [3.63, 3.8) is 0 Å². The zero-order valence-electron chi connectivity index (χ0n) is 26.0. The summed E-state index contributed by atoms with van der Waals surface area (Å²) in [5.41, 5.74) is 0. The SMILES string of the molecule is CCOCC(=O)NCCOCCOCC(=O)C[C@@H](CCC(=O)N[C@@H](CCC(=O)NCCCC[C@H](C)C(C)=O)C(=O)O)C(=O)O. The third-order valence-electron chi connectivity index (χ3n) is 6.56. The van der Waals surface area contributed by atoms with Crippen LogP contribution in [0.5, 0.6) is 0 Å². The van der Waals surface area contributed by atoms with Crippen LogP contribution in [0.25, 0.3) is 0 Å². The molecule has 0 heterocycles. The lowest BCUT2D eigenvalue weighted by atomic mass is 9.97. The van der Waals surface area contributed by atoms with Gasteiger partial charge in [0.15, 0.2) is 5.78 Å². The number of hydrogen-bond donors (Lipinski definition) is 5. The second-order valence-electron chi connectivity index (χ2n) is 10.3. The second-order valence-corrected chi connectivity index (χ2v) is 10.3. The molecule has 0 saturated carbocycles. The van der Waals surface area contributed by atoms with Crippen LogP contribution in [0.2, 0.25) is 0 Å². The molecule has 0 aromatic carbocycles. The first-order chi connectivity index (χ1) is 20.9. The van der Waals surface area contributed by atoms with Crippen molar-refractivity contribution in [3.8, 4) is 0 Å². The van der Waals surface area contributed by atoms with Crippen molar-refractivity contribution in [1.82, 2.24) is 16.0 Å². The number of carbonyl (C=O) groups is 7. The molecule has 44 heavy (non-hydrogen) atoms. The van der Waals surface area contributed by atoms with Gasteiger partial charge in [-0.1, -0.05) is 13.3 Å². The third-order valence-corrected chi connectivity index (χ3v) is 6.56. The Labute approximate surface area is 258 Å². The smallest absolute Gasteiger partial charge is 0.326 e. The Morgan fingerprint density at radius 1 is 0.705 bits per heavy atom. The number of rotatable bonds is 28. The van der Waals surface area contributed by atoms with Crippen LogP contribution in [0.1, 0.15) is 72.1 Å². The van der Waals surface area contributed by atoms with E-state index in [0.717, 1.165) is 12.8 Å². The van der Waals surface area contributed by atoms with Gasteiger partial charge in [-0.3, -0.25) is 28.8 Å². The van der Waals surface area contributed by atoms with E-state index < -0.39 is 35.6 Å². The lowest BCUT2D eigenvalue weighted by Gasteiger charge is -2.16. The molecule has 0 aromatic rings. The molecule has 0 fully saturated rings. The molecule has 0 aliphatic carbocycles. The molecule has 0 spiro atoms. The van der Waals surface area contributed by atoms with E-state index in [1.54, 1.807) is 6.92 Å². The largest absolute Gasteiger partial charge is 0.481 e. The first-order valence-corrected chi connectivity index (χ1v) is 14.9. The van der Waals surface area contributed by atoms with Crippen molar-refractivity contribution in [2.24, 2.45) is 11.8 Å². The summed E-state index contributed by atoms with van der Waals surface area (Å²) in [7, 11) is 0. The maximum absolute atomic E-state index is 12.3. The minimum absolute atomic E-state index is 0.0289. The van der Waals surface area contributed by atoms with Crippen molar-refractivity contribution in [2.75, 3.05) is 52.7 Å². The summed E-state index contributed by atoms with van der Waals surface area (Å²) < 4.78 is 15.4. The van der Waals surface area contributed by atoms with E-state index in [4.69, 9.17) is 14.2 Å². The van der Waals surface area contributed by atoms with Crippen molar-refractivity contribution in [1.29, 1.82) is 0 Å². The lowest BCUT2D eigenvalue weighted by molar-refractivity contribution is -0.145. The quantitative estimate of drug-likeness (QED) is 0.0744. The van der Waals surface area contributed by atoms with Crippen LogP contribution >= 0.6 is 0 Å². The monoisotopic (exact) mass is 631 g/mol. The topological polar surface area (TPSA) is 224 Å². The van der Waals surface area contributed by atoms with Gasteiger partial charge in [-0.25, -0.2) is 4.79 Å². The Balaban J connectivity index is 4.27. The third kappa shape index (κ3) is 22.2. The Hall–Kier alpha value is -3.43. The van der Waals surface area contributed by atoms with Gasteiger partial charge in [0.2, 0.25) is 17.7 Å². The van der Waals surface area contributed by atoms with E-state index in [0.29, 0.717) is 19.6 Å². The second kappa shape index (κ2) is 25.0. The Kier molecular flexibility index (Phi) is 23.0. The molecule has 5 N–H and O–H groups in total. The maximum Gasteiger partial charge on any atom is 0.326 e. The molecule has 0 rings (SSSR count). The summed E-state index contributed by atoms with van der Waals surface area (Å²) >= 11 is 0. The fraction of sp³-hybridized carbons (Fsp3) is 0.759. The summed E-state index contributed by atoms with van der Waals surface area (Å²) in [6.07, 6.45) is 0.981. The van der Waals surface area contributed by atoms with E-state index in [-0.39, 0.29) is 95.2 Å². The van der Waals surface area contributed by atoms with Gasteiger partial charge in [0.1, 0.15) is 25.0 Å². The summed E-state index contributed by atoms with van der Waals surface area (Å²) in [5, 5.41) is 26.4. The van der Waals surface area contributed by atoms with Crippen LogP contribution in [0.4, 0.5) is 0 Å². The fourth-order valence-corrected chi connectivity index (χ4v) is 3.76. The minimum Gasteiger partial charge on any atom is -0.481 e. The highest BCUT2D eigenvalue weighted by atomic mass is 16.5. The number of amides is 3. The molecule has 0 saturated heterocycles. The van der Waals surface area contributed by atoms with Crippen LogP contribution in [0.15, 0.2) is 0 Å². The van der Waals surface area contributed by atoms with E-state index >= 15 is 0 Å². The van der Waals surface area contributed by atoms with Gasteiger partial charge in [-0.05, 0) is 39.5 Å². The average molecular weight is 632 g/mol. The number of aliphatic carboxylic acids is 2. The molecule has 0 aliphatic heterocycles. The zero-order chi connectivity index (χ0) is 33.3. The molecule has 3 amide bonds. The molecule has 0 aliphatic rings. The molecule has 15 nitrogen and oxygen atoms in total. The normalized spacial score (nSPS) is 12.9. The predicted molar refractivity (Wildman–Crippen MR) is 157 cm³/mol. The number of Topliss-reactive ketones (excluding diaryl/α,β-unsaturated/α-hetero) is 2. The number of ketones is 2. The summed E-state index contributed by atoms with van der Waals surface area (Å²) in [6, 6.07) is -1.34. The van der Waals surface area contributed by atoms with Crippen LogP contribution in [0.3, 0.4) is 0 Å². The molecular formula is C29H49N3O12. The van der Waals surface area contributed by atoms with Crippen molar-refractivity contribution < 1.29 is 58.0 Å².